The third-order valence-electron chi connectivity index (χ3n) is 3.93. The Morgan fingerprint density at radius 1 is 1.35 bits per heavy atom. The summed E-state index contributed by atoms with van der Waals surface area (Å²) < 4.78 is 1.72. The van der Waals surface area contributed by atoms with Crippen LogP contribution < -0.4 is 10.9 Å². The van der Waals surface area contributed by atoms with E-state index in [0.717, 1.165) is 35.2 Å². The number of hydrogen-bond acceptors (Lipinski definition) is 4. The SMILES string of the molecule is CCC(CC)NCCn1cnc2sc(C)c(C)c2c1=O. The lowest BCUT2D eigenvalue weighted by Crippen LogP contribution is -2.33. The molecule has 0 amide bonds. The van der Waals surface area contributed by atoms with E-state index in [1.54, 1.807) is 22.2 Å². The molecular formula is C15H23N3OS. The van der Waals surface area contributed by atoms with Crippen LogP contribution >= 0.6 is 11.3 Å². The summed E-state index contributed by atoms with van der Waals surface area (Å²) in [7, 11) is 0. The van der Waals surface area contributed by atoms with Crippen LogP contribution in [0.5, 0.6) is 0 Å². The molecule has 1 N–H and O–H groups in total. The number of rotatable bonds is 6. The Morgan fingerprint density at radius 2 is 2.05 bits per heavy atom. The minimum absolute atomic E-state index is 0.0863. The Kier molecular flexibility index (Phi) is 4.94. The number of nitrogens with one attached hydrogen (secondary N) is 1. The van der Waals surface area contributed by atoms with E-state index >= 15 is 0 Å². The maximum absolute atomic E-state index is 12.5. The number of aryl methyl sites for hydroxylation is 2. The van der Waals surface area contributed by atoms with Crippen molar-refractivity contribution in [3.8, 4) is 0 Å². The number of nitrogens with zero attached hydrogens (tertiary/aromatic N) is 2. The van der Waals surface area contributed by atoms with E-state index in [1.165, 1.54) is 4.88 Å². The van der Waals surface area contributed by atoms with Crippen molar-refractivity contribution in [3.63, 3.8) is 0 Å². The molecule has 0 aliphatic carbocycles. The van der Waals surface area contributed by atoms with Gasteiger partial charge in [0.05, 0.1) is 11.7 Å². The van der Waals surface area contributed by atoms with Gasteiger partial charge >= 0.3 is 0 Å². The summed E-state index contributed by atoms with van der Waals surface area (Å²) in [5.74, 6) is 0. The zero-order valence-corrected chi connectivity index (χ0v) is 13.5. The average Bonchev–Trinajstić information content (AvgIpc) is 2.73. The van der Waals surface area contributed by atoms with Crippen LogP contribution in [0.1, 0.15) is 37.1 Å². The highest BCUT2D eigenvalue weighted by molar-refractivity contribution is 7.18. The number of fused-ring (bicyclic) bond motifs is 1. The molecule has 0 radical (unpaired) electrons. The summed E-state index contributed by atoms with van der Waals surface area (Å²) in [4.78, 5) is 18.9. The van der Waals surface area contributed by atoms with Gasteiger partial charge in [-0.2, -0.15) is 0 Å². The molecule has 2 heterocycles. The number of aromatic nitrogens is 2. The highest BCUT2D eigenvalue weighted by Crippen LogP contribution is 2.25. The van der Waals surface area contributed by atoms with Crippen molar-refractivity contribution < 1.29 is 0 Å². The molecule has 5 heteroatoms. The van der Waals surface area contributed by atoms with Crippen molar-refractivity contribution in [2.75, 3.05) is 6.54 Å². The monoisotopic (exact) mass is 293 g/mol. The van der Waals surface area contributed by atoms with Crippen LogP contribution in [0.15, 0.2) is 11.1 Å². The summed E-state index contributed by atoms with van der Waals surface area (Å²) in [6, 6.07) is 0.535. The van der Waals surface area contributed by atoms with Crippen LogP contribution in [-0.2, 0) is 6.54 Å². The van der Waals surface area contributed by atoms with Gasteiger partial charge in [0.1, 0.15) is 4.83 Å². The van der Waals surface area contributed by atoms with E-state index < -0.39 is 0 Å². The highest BCUT2D eigenvalue weighted by atomic mass is 32.1. The first kappa shape index (κ1) is 15.2. The van der Waals surface area contributed by atoms with Crippen molar-refractivity contribution in [1.82, 2.24) is 14.9 Å². The first-order valence-electron chi connectivity index (χ1n) is 7.27. The second-order valence-corrected chi connectivity index (χ2v) is 6.38. The Bertz CT molecular complexity index is 640. The van der Waals surface area contributed by atoms with Crippen molar-refractivity contribution in [3.05, 3.63) is 27.1 Å². The Morgan fingerprint density at radius 3 is 2.70 bits per heavy atom. The van der Waals surface area contributed by atoms with Crippen molar-refractivity contribution in [2.24, 2.45) is 0 Å². The maximum atomic E-state index is 12.5. The molecule has 0 saturated heterocycles. The van der Waals surface area contributed by atoms with E-state index in [0.29, 0.717) is 12.6 Å². The van der Waals surface area contributed by atoms with Crippen molar-refractivity contribution in [2.45, 2.75) is 53.1 Å². The van der Waals surface area contributed by atoms with Crippen molar-refractivity contribution in [1.29, 1.82) is 0 Å². The van der Waals surface area contributed by atoms with Gasteiger partial charge in [-0.05, 0) is 32.3 Å². The summed E-state index contributed by atoms with van der Waals surface area (Å²) in [5.41, 5.74) is 1.16. The molecule has 0 aliphatic heterocycles. The lowest BCUT2D eigenvalue weighted by Gasteiger charge is -2.15. The Balaban J connectivity index is 2.17. The standard InChI is InChI=1S/C15H23N3OS/c1-5-12(6-2)16-7-8-18-9-17-14-13(15(18)19)10(3)11(4)20-14/h9,12,16H,5-8H2,1-4H3. The molecule has 2 aromatic rings. The van der Waals surface area contributed by atoms with Gasteiger partial charge in [0.25, 0.3) is 5.56 Å². The van der Waals surface area contributed by atoms with Crippen LogP contribution in [-0.4, -0.2) is 22.1 Å². The molecule has 0 atom stereocenters. The molecule has 20 heavy (non-hydrogen) atoms. The predicted octanol–water partition coefficient (Wildman–Crippen LogP) is 2.85. The Hall–Kier alpha value is -1.20. The molecule has 2 aromatic heterocycles. The van der Waals surface area contributed by atoms with Crippen LogP contribution in [0.4, 0.5) is 0 Å². The van der Waals surface area contributed by atoms with Gasteiger partial charge in [-0.15, -0.1) is 11.3 Å². The summed E-state index contributed by atoms with van der Waals surface area (Å²) >= 11 is 1.60. The highest BCUT2D eigenvalue weighted by Gasteiger charge is 2.12. The first-order valence-corrected chi connectivity index (χ1v) is 8.08. The summed E-state index contributed by atoms with van der Waals surface area (Å²) in [5, 5.41) is 4.27. The molecular weight excluding hydrogens is 270 g/mol. The molecule has 0 saturated carbocycles. The van der Waals surface area contributed by atoms with Gasteiger partial charge in [0, 0.05) is 24.0 Å². The van der Waals surface area contributed by atoms with E-state index in [-0.39, 0.29) is 5.56 Å². The fourth-order valence-corrected chi connectivity index (χ4v) is 3.38. The molecule has 0 spiro atoms. The van der Waals surface area contributed by atoms with Crippen LogP contribution in [0.3, 0.4) is 0 Å². The summed E-state index contributed by atoms with van der Waals surface area (Å²) in [6.07, 6.45) is 3.91. The third-order valence-corrected chi connectivity index (χ3v) is 5.04. The molecule has 110 valence electrons. The van der Waals surface area contributed by atoms with Gasteiger partial charge in [0.15, 0.2) is 0 Å². The topological polar surface area (TPSA) is 46.9 Å². The van der Waals surface area contributed by atoms with E-state index in [4.69, 9.17) is 0 Å². The molecule has 0 aliphatic rings. The smallest absolute Gasteiger partial charge is 0.262 e. The number of thiophene rings is 1. The van der Waals surface area contributed by atoms with Crippen LogP contribution in [0, 0.1) is 13.8 Å². The quantitative estimate of drug-likeness (QED) is 0.891. The molecule has 0 unspecified atom stereocenters. The minimum Gasteiger partial charge on any atom is -0.312 e. The van der Waals surface area contributed by atoms with Gasteiger partial charge < -0.3 is 5.32 Å². The van der Waals surface area contributed by atoms with Gasteiger partial charge in [0.2, 0.25) is 0 Å². The molecule has 4 nitrogen and oxygen atoms in total. The fraction of sp³-hybridized carbons (Fsp3) is 0.600. The third kappa shape index (κ3) is 2.94. The van der Waals surface area contributed by atoms with Crippen LogP contribution in [0.25, 0.3) is 10.2 Å². The fourth-order valence-electron chi connectivity index (χ4n) is 2.40. The normalized spacial score (nSPS) is 11.7. The Labute approximate surface area is 123 Å². The van der Waals surface area contributed by atoms with E-state index in [2.05, 4.69) is 24.1 Å². The van der Waals surface area contributed by atoms with E-state index in [9.17, 15) is 4.79 Å². The van der Waals surface area contributed by atoms with Crippen LogP contribution in [0.2, 0.25) is 0 Å². The number of hydrogen-bond donors (Lipinski definition) is 1. The molecule has 0 aromatic carbocycles. The second-order valence-electron chi connectivity index (χ2n) is 5.17. The van der Waals surface area contributed by atoms with Crippen molar-refractivity contribution >= 4 is 21.6 Å². The zero-order valence-electron chi connectivity index (χ0n) is 12.7. The van der Waals surface area contributed by atoms with E-state index in [1.807, 2.05) is 13.8 Å². The maximum Gasteiger partial charge on any atom is 0.262 e. The zero-order chi connectivity index (χ0) is 14.7. The first-order chi connectivity index (χ1) is 9.58. The van der Waals surface area contributed by atoms with Gasteiger partial charge in [-0.1, -0.05) is 13.8 Å². The second kappa shape index (κ2) is 6.50. The predicted molar refractivity (Wildman–Crippen MR) is 85.7 cm³/mol. The molecule has 0 fully saturated rings. The molecule has 2 rings (SSSR count). The summed E-state index contributed by atoms with van der Waals surface area (Å²) in [6.45, 7) is 9.88. The molecule has 0 bridgehead atoms. The van der Waals surface area contributed by atoms with Gasteiger partial charge in [-0.3, -0.25) is 9.36 Å². The average molecular weight is 293 g/mol. The lowest BCUT2D eigenvalue weighted by molar-refractivity contribution is 0.462. The minimum atomic E-state index is 0.0863. The largest absolute Gasteiger partial charge is 0.312 e. The lowest BCUT2D eigenvalue weighted by atomic mass is 10.2. The van der Waals surface area contributed by atoms with Gasteiger partial charge in [-0.25, -0.2) is 4.98 Å².